The first-order valence-electron chi connectivity index (χ1n) is 30.3. The Kier molecular flexibility index (Phi) is 56.3. The van der Waals surface area contributed by atoms with E-state index >= 15 is 0 Å². The summed E-state index contributed by atoms with van der Waals surface area (Å²) in [5, 5.41) is 0. The van der Waals surface area contributed by atoms with E-state index in [4.69, 9.17) is 14.2 Å². The lowest BCUT2D eigenvalue weighted by Crippen LogP contribution is -2.30. The molecule has 0 N–H and O–H groups in total. The van der Waals surface area contributed by atoms with Gasteiger partial charge in [-0.2, -0.15) is 0 Å². The van der Waals surface area contributed by atoms with Crippen molar-refractivity contribution in [2.24, 2.45) is 0 Å². The zero-order valence-electron chi connectivity index (χ0n) is 46.5. The molecular formula is C64H114O6. The lowest BCUT2D eigenvalue weighted by atomic mass is 10.1. The maximum atomic E-state index is 12.9. The van der Waals surface area contributed by atoms with Gasteiger partial charge in [-0.3, -0.25) is 14.4 Å². The molecule has 1 atom stereocenters. The van der Waals surface area contributed by atoms with E-state index in [9.17, 15) is 14.4 Å². The van der Waals surface area contributed by atoms with Gasteiger partial charge >= 0.3 is 17.9 Å². The van der Waals surface area contributed by atoms with Crippen LogP contribution in [0.15, 0.2) is 60.8 Å². The van der Waals surface area contributed by atoms with E-state index in [1.807, 2.05) is 0 Å². The van der Waals surface area contributed by atoms with Crippen LogP contribution in [0.25, 0.3) is 0 Å². The summed E-state index contributed by atoms with van der Waals surface area (Å²) in [7, 11) is 0. The van der Waals surface area contributed by atoms with Crippen LogP contribution < -0.4 is 0 Å². The fraction of sp³-hybridized carbons (Fsp3) is 0.797. The lowest BCUT2D eigenvalue weighted by molar-refractivity contribution is -0.167. The van der Waals surface area contributed by atoms with Gasteiger partial charge in [0, 0.05) is 19.3 Å². The number of esters is 3. The first-order valence-corrected chi connectivity index (χ1v) is 30.3. The third kappa shape index (κ3) is 56.0. The smallest absolute Gasteiger partial charge is 0.306 e. The van der Waals surface area contributed by atoms with Crippen molar-refractivity contribution < 1.29 is 28.6 Å². The van der Waals surface area contributed by atoms with Crippen molar-refractivity contribution >= 4 is 17.9 Å². The van der Waals surface area contributed by atoms with Crippen molar-refractivity contribution in [2.75, 3.05) is 13.2 Å². The summed E-state index contributed by atoms with van der Waals surface area (Å²) in [4.78, 5) is 38.2. The standard InChI is InChI=1S/C64H114O6/c1-4-7-10-13-16-19-22-25-28-31-34-36-39-42-45-48-51-54-57-63(66)69-60-61(70-64(67)58-55-52-49-46-43-40-37-33-30-27-24-21-18-15-12-9-6-3)59-68-62(65)56-53-50-47-44-41-38-35-32-29-26-23-20-17-14-11-8-5-2/h22,25-31,34,36,61H,4-21,23-24,32-33,35,37-60H2,1-3H3/b25-22-,29-26-,30-27-,31-28-,36-34-. The Morgan fingerprint density at radius 3 is 0.829 bits per heavy atom. The van der Waals surface area contributed by atoms with Crippen molar-refractivity contribution in [1.29, 1.82) is 0 Å². The molecule has 0 saturated carbocycles. The molecule has 0 aliphatic carbocycles. The third-order valence-electron chi connectivity index (χ3n) is 13.3. The molecule has 0 aromatic heterocycles. The highest BCUT2D eigenvalue weighted by molar-refractivity contribution is 5.71. The number of carbonyl (C=O) groups is 3. The second-order valence-corrected chi connectivity index (χ2v) is 20.3. The SMILES string of the molecule is CCCCCCC\C=C/C=C\C=C/CCCCCCCC(=O)OCC(COC(=O)CCCCCCCCC/C=C\CCCCCCCC)OC(=O)CCCCCCCCC/C=C\CCCCCCCC. The number of carbonyl (C=O) groups excluding carboxylic acids is 3. The van der Waals surface area contributed by atoms with Crippen molar-refractivity contribution in [3.8, 4) is 0 Å². The molecule has 0 fully saturated rings. The molecule has 0 heterocycles. The summed E-state index contributed by atoms with van der Waals surface area (Å²) in [5.41, 5.74) is 0. The Morgan fingerprint density at radius 1 is 0.286 bits per heavy atom. The number of hydrogen-bond acceptors (Lipinski definition) is 6. The highest BCUT2D eigenvalue weighted by Crippen LogP contribution is 2.15. The van der Waals surface area contributed by atoms with Crippen molar-refractivity contribution in [1.82, 2.24) is 0 Å². The van der Waals surface area contributed by atoms with Crippen LogP contribution >= 0.6 is 0 Å². The van der Waals surface area contributed by atoms with Crippen LogP contribution in [-0.2, 0) is 28.6 Å². The van der Waals surface area contributed by atoms with E-state index in [1.54, 1.807) is 0 Å². The highest BCUT2D eigenvalue weighted by Gasteiger charge is 2.19. The molecule has 0 rings (SSSR count). The van der Waals surface area contributed by atoms with Crippen LogP contribution in [0, 0.1) is 0 Å². The van der Waals surface area contributed by atoms with Gasteiger partial charge in [0.25, 0.3) is 0 Å². The monoisotopic (exact) mass is 979 g/mol. The van der Waals surface area contributed by atoms with Crippen LogP contribution in [0.1, 0.15) is 310 Å². The van der Waals surface area contributed by atoms with Gasteiger partial charge in [0.1, 0.15) is 13.2 Å². The molecule has 0 radical (unpaired) electrons. The first kappa shape index (κ1) is 67.1. The van der Waals surface area contributed by atoms with E-state index in [0.29, 0.717) is 19.3 Å². The maximum absolute atomic E-state index is 12.9. The van der Waals surface area contributed by atoms with Gasteiger partial charge in [-0.15, -0.1) is 0 Å². The summed E-state index contributed by atoms with van der Waals surface area (Å²) in [6.07, 6.45) is 73.5. The fourth-order valence-corrected chi connectivity index (χ4v) is 8.67. The Morgan fingerprint density at radius 2 is 0.529 bits per heavy atom. The number of rotatable bonds is 55. The molecule has 6 nitrogen and oxygen atoms in total. The Balaban J connectivity index is 4.42. The third-order valence-corrected chi connectivity index (χ3v) is 13.3. The largest absolute Gasteiger partial charge is 0.462 e. The van der Waals surface area contributed by atoms with E-state index in [-0.39, 0.29) is 31.1 Å². The van der Waals surface area contributed by atoms with Crippen molar-refractivity contribution in [3.63, 3.8) is 0 Å². The molecule has 0 saturated heterocycles. The molecule has 0 aromatic rings. The normalized spacial score (nSPS) is 12.4. The van der Waals surface area contributed by atoms with Crippen LogP contribution in [-0.4, -0.2) is 37.2 Å². The summed E-state index contributed by atoms with van der Waals surface area (Å²) >= 11 is 0. The first-order chi connectivity index (χ1) is 34.5. The van der Waals surface area contributed by atoms with E-state index in [0.717, 1.165) is 77.0 Å². The predicted molar refractivity (Wildman–Crippen MR) is 302 cm³/mol. The number of ether oxygens (including phenoxy) is 3. The molecule has 1 unspecified atom stereocenters. The fourth-order valence-electron chi connectivity index (χ4n) is 8.67. The van der Waals surface area contributed by atoms with Gasteiger partial charge in [0.05, 0.1) is 0 Å². The van der Waals surface area contributed by atoms with Crippen LogP contribution in [0.3, 0.4) is 0 Å². The maximum Gasteiger partial charge on any atom is 0.306 e. The second-order valence-electron chi connectivity index (χ2n) is 20.3. The number of allylic oxidation sites excluding steroid dienone is 10. The van der Waals surface area contributed by atoms with Crippen molar-refractivity contribution in [3.05, 3.63) is 60.8 Å². The highest BCUT2D eigenvalue weighted by atomic mass is 16.6. The molecule has 0 aromatic carbocycles. The Hall–Kier alpha value is -2.89. The summed E-state index contributed by atoms with van der Waals surface area (Å²) < 4.78 is 16.9. The molecule has 0 aliphatic heterocycles. The predicted octanol–water partition coefficient (Wildman–Crippen LogP) is 20.4. The average molecular weight is 980 g/mol. The number of unbranched alkanes of at least 4 members (excludes halogenated alkanes) is 36. The van der Waals surface area contributed by atoms with Gasteiger partial charge < -0.3 is 14.2 Å². The van der Waals surface area contributed by atoms with Gasteiger partial charge in [-0.1, -0.05) is 255 Å². The quantitative estimate of drug-likeness (QED) is 0.0199. The molecule has 0 aliphatic rings. The molecule has 0 spiro atoms. The van der Waals surface area contributed by atoms with Gasteiger partial charge in [0.2, 0.25) is 0 Å². The molecule has 70 heavy (non-hydrogen) atoms. The van der Waals surface area contributed by atoms with E-state index in [2.05, 4.69) is 81.5 Å². The van der Waals surface area contributed by atoms with E-state index in [1.165, 1.54) is 193 Å². The van der Waals surface area contributed by atoms with Crippen LogP contribution in [0.2, 0.25) is 0 Å². The Labute approximate surface area is 434 Å². The zero-order valence-corrected chi connectivity index (χ0v) is 46.5. The van der Waals surface area contributed by atoms with E-state index < -0.39 is 6.10 Å². The van der Waals surface area contributed by atoms with Gasteiger partial charge in [-0.25, -0.2) is 0 Å². The average Bonchev–Trinajstić information content (AvgIpc) is 3.36. The minimum absolute atomic E-state index is 0.0837. The van der Waals surface area contributed by atoms with Crippen LogP contribution in [0.5, 0.6) is 0 Å². The molecule has 406 valence electrons. The summed E-state index contributed by atoms with van der Waals surface area (Å²) in [5.74, 6) is -0.899. The van der Waals surface area contributed by atoms with Crippen LogP contribution in [0.4, 0.5) is 0 Å². The molecular weight excluding hydrogens is 865 g/mol. The van der Waals surface area contributed by atoms with Gasteiger partial charge in [0.15, 0.2) is 6.10 Å². The molecule has 0 amide bonds. The zero-order chi connectivity index (χ0) is 50.7. The molecule has 6 heteroatoms. The number of hydrogen-bond donors (Lipinski definition) is 0. The van der Waals surface area contributed by atoms with Crippen molar-refractivity contribution in [2.45, 2.75) is 316 Å². The minimum Gasteiger partial charge on any atom is -0.462 e. The summed E-state index contributed by atoms with van der Waals surface area (Å²) in [6.45, 7) is 6.62. The molecule has 0 bridgehead atoms. The summed E-state index contributed by atoms with van der Waals surface area (Å²) in [6, 6.07) is 0. The Bertz CT molecular complexity index is 1260. The lowest BCUT2D eigenvalue weighted by Gasteiger charge is -2.18. The minimum atomic E-state index is -0.787. The second kappa shape index (κ2) is 58.7. The van der Waals surface area contributed by atoms with Gasteiger partial charge in [-0.05, 0) is 96.3 Å². The topological polar surface area (TPSA) is 78.9 Å².